The summed E-state index contributed by atoms with van der Waals surface area (Å²) in [5, 5.41) is 8.56. The Balaban J connectivity index is 1.24. The minimum absolute atomic E-state index is 0.0901. The Kier molecular flexibility index (Phi) is 5.14. The number of hydrogen-bond donors (Lipinski definition) is 0. The van der Waals surface area contributed by atoms with Crippen molar-refractivity contribution in [1.29, 1.82) is 0 Å². The third-order valence-corrected chi connectivity index (χ3v) is 5.56. The molecule has 0 saturated carbocycles. The van der Waals surface area contributed by atoms with Gasteiger partial charge in [0.2, 0.25) is 0 Å². The lowest BCUT2D eigenvalue weighted by Gasteiger charge is -2.38. The zero-order valence-corrected chi connectivity index (χ0v) is 17.9. The van der Waals surface area contributed by atoms with Crippen LogP contribution in [0.5, 0.6) is 5.75 Å². The smallest absolute Gasteiger partial charge is 0.272 e. The average Bonchev–Trinajstić information content (AvgIpc) is 3.43. The van der Waals surface area contributed by atoms with E-state index < -0.39 is 0 Å². The molecule has 0 N–H and O–H groups in total. The molecule has 1 amide bonds. The van der Waals surface area contributed by atoms with E-state index in [1.165, 1.54) is 0 Å². The maximum Gasteiger partial charge on any atom is 0.272 e. The van der Waals surface area contributed by atoms with E-state index in [1.807, 2.05) is 65.8 Å². The first-order valence-electron chi connectivity index (χ1n) is 10.5. The summed E-state index contributed by atoms with van der Waals surface area (Å²) in [6.07, 6.45) is 7.17. The van der Waals surface area contributed by atoms with Gasteiger partial charge < -0.3 is 14.2 Å². The van der Waals surface area contributed by atoms with Crippen molar-refractivity contribution in [3.8, 4) is 22.7 Å². The third kappa shape index (κ3) is 3.73. The van der Waals surface area contributed by atoms with E-state index in [2.05, 4.69) is 20.3 Å². The number of carbonyl (C=O) groups is 1. The second-order valence-corrected chi connectivity index (χ2v) is 7.65. The van der Waals surface area contributed by atoms with Gasteiger partial charge >= 0.3 is 0 Å². The van der Waals surface area contributed by atoms with Gasteiger partial charge in [-0.25, -0.2) is 9.67 Å². The van der Waals surface area contributed by atoms with Crippen molar-refractivity contribution >= 4 is 5.91 Å². The van der Waals surface area contributed by atoms with Gasteiger partial charge in [0.1, 0.15) is 23.0 Å². The molecular weight excluding hydrogens is 406 g/mol. The Morgan fingerprint density at radius 1 is 1.12 bits per heavy atom. The maximum absolute atomic E-state index is 12.9. The molecule has 4 heterocycles. The minimum atomic E-state index is -0.0901. The van der Waals surface area contributed by atoms with Crippen LogP contribution in [0.15, 0.2) is 61.2 Å². The predicted molar refractivity (Wildman–Crippen MR) is 118 cm³/mol. The molecule has 4 aromatic rings. The van der Waals surface area contributed by atoms with Gasteiger partial charge in [0, 0.05) is 37.2 Å². The van der Waals surface area contributed by atoms with E-state index in [0.717, 1.165) is 28.5 Å². The number of carbonyl (C=O) groups excluding carboxylic acids is 1. The molecule has 9 nitrogen and oxygen atoms in total. The van der Waals surface area contributed by atoms with Crippen LogP contribution in [0.4, 0.5) is 0 Å². The summed E-state index contributed by atoms with van der Waals surface area (Å²) in [5.74, 6) is 1.60. The second-order valence-electron chi connectivity index (χ2n) is 7.65. The quantitative estimate of drug-likeness (QED) is 0.468. The molecule has 0 bridgehead atoms. The standard InChI is InChI=1S/C23H23N7O2/c1-3-32-20-6-4-17(5-7-20)22-15-30(27-26-22)19-13-28(14-19)23(31)21-12-18(8-9-25-21)29-11-10-24-16(29)2/h4-12,15,19H,3,13-14H2,1-2H3. The van der Waals surface area contributed by atoms with Gasteiger partial charge in [-0.1, -0.05) is 5.21 Å². The normalized spacial score (nSPS) is 13.8. The minimum Gasteiger partial charge on any atom is -0.494 e. The van der Waals surface area contributed by atoms with Crippen LogP contribution >= 0.6 is 0 Å². The van der Waals surface area contributed by atoms with E-state index in [9.17, 15) is 4.79 Å². The van der Waals surface area contributed by atoms with Gasteiger partial charge in [0.25, 0.3) is 5.91 Å². The zero-order valence-electron chi connectivity index (χ0n) is 17.9. The number of imidazole rings is 1. The van der Waals surface area contributed by atoms with Crippen molar-refractivity contribution in [2.24, 2.45) is 0 Å². The van der Waals surface area contributed by atoms with Crippen LogP contribution in [0.3, 0.4) is 0 Å². The summed E-state index contributed by atoms with van der Waals surface area (Å²) in [5.41, 5.74) is 3.06. The van der Waals surface area contributed by atoms with Crippen LogP contribution in [-0.2, 0) is 0 Å². The number of ether oxygens (including phenoxy) is 1. The van der Waals surface area contributed by atoms with Crippen LogP contribution in [0.25, 0.3) is 16.9 Å². The SMILES string of the molecule is CCOc1ccc(-c2cn(C3CN(C(=O)c4cc(-n5ccnc5C)ccn4)C3)nn2)cc1. The number of hydrogen-bond acceptors (Lipinski definition) is 6. The first-order chi connectivity index (χ1) is 15.6. The number of pyridine rings is 1. The lowest BCUT2D eigenvalue weighted by molar-refractivity contribution is 0.0492. The highest BCUT2D eigenvalue weighted by atomic mass is 16.5. The number of amides is 1. The number of aromatic nitrogens is 6. The molecule has 9 heteroatoms. The Labute approximate surface area is 185 Å². The van der Waals surface area contributed by atoms with E-state index in [-0.39, 0.29) is 11.9 Å². The van der Waals surface area contributed by atoms with Gasteiger partial charge in [-0.3, -0.25) is 9.78 Å². The van der Waals surface area contributed by atoms with Gasteiger partial charge in [-0.05, 0) is 50.2 Å². The highest BCUT2D eigenvalue weighted by molar-refractivity contribution is 5.93. The van der Waals surface area contributed by atoms with E-state index >= 15 is 0 Å². The van der Waals surface area contributed by atoms with Gasteiger partial charge in [-0.15, -0.1) is 5.10 Å². The predicted octanol–water partition coefficient (Wildman–Crippen LogP) is 2.93. The summed E-state index contributed by atoms with van der Waals surface area (Å²) in [6.45, 7) is 5.65. The molecule has 162 valence electrons. The Hall–Kier alpha value is -4.01. The van der Waals surface area contributed by atoms with Crippen LogP contribution in [0, 0.1) is 6.92 Å². The fraction of sp³-hybridized carbons (Fsp3) is 0.261. The molecule has 1 fully saturated rings. The molecule has 3 aromatic heterocycles. The lowest BCUT2D eigenvalue weighted by atomic mass is 10.1. The topological polar surface area (TPSA) is 91.0 Å². The number of nitrogens with zero attached hydrogens (tertiary/aromatic N) is 7. The maximum atomic E-state index is 12.9. The van der Waals surface area contributed by atoms with E-state index in [1.54, 1.807) is 23.4 Å². The fourth-order valence-corrected chi connectivity index (χ4v) is 3.76. The number of benzene rings is 1. The molecule has 1 aliphatic rings. The third-order valence-electron chi connectivity index (χ3n) is 5.56. The van der Waals surface area contributed by atoms with Crippen molar-refractivity contribution < 1.29 is 9.53 Å². The fourth-order valence-electron chi connectivity index (χ4n) is 3.76. The monoisotopic (exact) mass is 429 g/mol. The first-order valence-corrected chi connectivity index (χ1v) is 10.5. The van der Waals surface area contributed by atoms with Gasteiger partial charge in [-0.2, -0.15) is 0 Å². The molecule has 0 radical (unpaired) electrons. The first kappa shape index (κ1) is 19.9. The molecule has 1 aliphatic heterocycles. The summed E-state index contributed by atoms with van der Waals surface area (Å²) < 4.78 is 9.24. The zero-order chi connectivity index (χ0) is 22.1. The van der Waals surface area contributed by atoms with Crippen molar-refractivity contribution in [3.63, 3.8) is 0 Å². The largest absolute Gasteiger partial charge is 0.494 e. The molecule has 0 aliphatic carbocycles. The molecule has 1 aromatic carbocycles. The highest BCUT2D eigenvalue weighted by Crippen LogP contribution is 2.26. The summed E-state index contributed by atoms with van der Waals surface area (Å²) in [7, 11) is 0. The number of rotatable bonds is 6. The second kappa shape index (κ2) is 8.26. The number of likely N-dealkylation sites (tertiary alicyclic amines) is 1. The van der Waals surface area contributed by atoms with Crippen LogP contribution < -0.4 is 4.74 Å². The van der Waals surface area contributed by atoms with Crippen molar-refractivity contribution in [2.75, 3.05) is 19.7 Å². The summed E-state index contributed by atoms with van der Waals surface area (Å²) in [6, 6.07) is 11.5. The molecule has 0 spiro atoms. The summed E-state index contributed by atoms with van der Waals surface area (Å²) in [4.78, 5) is 23.2. The van der Waals surface area contributed by atoms with Crippen LogP contribution in [0.2, 0.25) is 0 Å². The molecular formula is C23H23N7O2. The van der Waals surface area contributed by atoms with Crippen LogP contribution in [0.1, 0.15) is 29.3 Å². The molecule has 0 unspecified atom stereocenters. The average molecular weight is 429 g/mol. The molecule has 5 rings (SSSR count). The molecule has 0 atom stereocenters. The highest BCUT2D eigenvalue weighted by Gasteiger charge is 2.34. The lowest BCUT2D eigenvalue weighted by Crippen LogP contribution is -2.51. The summed E-state index contributed by atoms with van der Waals surface area (Å²) >= 11 is 0. The number of aryl methyl sites for hydroxylation is 1. The van der Waals surface area contributed by atoms with Gasteiger partial charge in [0.15, 0.2) is 0 Å². The van der Waals surface area contributed by atoms with Crippen molar-refractivity contribution in [2.45, 2.75) is 19.9 Å². The van der Waals surface area contributed by atoms with Crippen molar-refractivity contribution in [3.05, 3.63) is 72.7 Å². The molecule has 32 heavy (non-hydrogen) atoms. The van der Waals surface area contributed by atoms with Crippen LogP contribution in [-0.4, -0.2) is 60.0 Å². The Morgan fingerprint density at radius 2 is 1.94 bits per heavy atom. The van der Waals surface area contributed by atoms with E-state index in [0.29, 0.717) is 25.4 Å². The van der Waals surface area contributed by atoms with E-state index in [4.69, 9.17) is 4.74 Å². The Morgan fingerprint density at radius 3 is 2.66 bits per heavy atom. The molecule has 1 saturated heterocycles. The van der Waals surface area contributed by atoms with Crippen molar-refractivity contribution in [1.82, 2.24) is 34.4 Å². The Bertz CT molecular complexity index is 1240. The van der Waals surface area contributed by atoms with Gasteiger partial charge in [0.05, 0.1) is 24.5 Å².